The number of aryl methyl sites for hydroxylation is 2. The zero-order chi connectivity index (χ0) is 22.2. The molecule has 1 amide bonds. The van der Waals surface area contributed by atoms with Crippen molar-refractivity contribution in [2.24, 2.45) is 5.10 Å². The molecule has 0 saturated heterocycles. The summed E-state index contributed by atoms with van der Waals surface area (Å²) in [6, 6.07) is 9.42. The van der Waals surface area contributed by atoms with Crippen LogP contribution in [-0.4, -0.2) is 47.0 Å². The summed E-state index contributed by atoms with van der Waals surface area (Å²) < 4.78 is 8.46. The minimum absolute atomic E-state index is 0.114. The normalized spacial score (nSPS) is 16.0. The van der Waals surface area contributed by atoms with E-state index < -0.39 is 0 Å². The minimum Gasteiger partial charge on any atom is -0.463 e. The first kappa shape index (κ1) is 20.5. The van der Waals surface area contributed by atoms with Gasteiger partial charge in [-0.05, 0) is 43.5 Å². The zero-order valence-corrected chi connectivity index (χ0v) is 19.0. The molecule has 164 valence electrons. The van der Waals surface area contributed by atoms with Crippen LogP contribution in [0.15, 0.2) is 56.7 Å². The van der Waals surface area contributed by atoms with Crippen molar-refractivity contribution in [2.45, 2.75) is 31.5 Å². The summed E-state index contributed by atoms with van der Waals surface area (Å²) in [6.07, 6.45) is 2.20. The van der Waals surface area contributed by atoms with Gasteiger partial charge in [0.25, 0.3) is 11.9 Å². The third-order valence-electron chi connectivity index (χ3n) is 5.01. The Balaban J connectivity index is 1.34. The van der Waals surface area contributed by atoms with E-state index in [9.17, 15) is 4.79 Å². The van der Waals surface area contributed by atoms with Gasteiger partial charge in [-0.2, -0.15) is 10.2 Å². The van der Waals surface area contributed by atoms with Crippen molar-refractivity contribution in [3.63, 3.8) is 0 Å². The Hall–Kier alpha value is -3.38. The van der Waals surface area contributed by atoms with Crippen molar-refractivity contribution < 1.29 is 9.21 Å². The van der Waals surface area contributed by atoms with Gasteiger partial charge in [0.1, 0.15) is 11.5 Å². The van der Waals surface area contributed by atoms with Crippen LogP contribution in [0.2, 0.25) is 0 Å². The van der Waals surface area contributed by atoms with Crippen molar-refractivity contribution in [1.29, 1.82) is 0 Å². The molecule has 4 aromatic rings. The first-order valence-corrected chi connectivity index (χ1v) is 11.7. The van der Waals surface area contributed by atoms with E-state index in [0.717, 1.165) is 22.0 Å². The van der Waals surface area contributed by atoms with Gasteiger partial charge in [0.05, 0.1) is 23.8 Å². The predicted octanol–water partition coefficient (Wildman–Crippen LogP) is 2.92. The molecule has 0 aliphatic carbocycles. The molecular weight excluding hydrogens is 448 g/mol. The number of nitrogens with two attached hydrogens (primary N) is 1. The van der Waals surface area contributed by atoms with Gasteiger partial charge in [0.2, 0.25) is 5.16 Å². The van der Waals surface area contributed by atoms with Crippen molar-refractivity contribution >= 4 is 34.7 Å². The van der Waals surface area contributed by atoms with Gasteiger partial charge in [0.15, 0.2) is 0 Å². The lowest BCUT2D eigenvalue weighted by Gasteiger charge is -2.20. The Labute approximate surface area is 191 Å². The van der Waals surface area contributed by atoms with E-state index in [2.05, 4.69) is 20.4 Å². The molecule has 12 heteroatoms. The average Bonchev–Trinajstić information content (AvgIpc) is 3.57. The van der Waals surface area contributed by atoms with Crippen LogP contribution in [0.4, 0.5) is 0 Å². The SMILES string of the molecule is Cc1cc(C)n(-c2nnc(SCC(=O)N3N=C(c4ccco4)CC3c3cccs3)n2N)n1. The fourth-order valence-corrected chi connectivity index (χ4v) is 5.09. The number of amides is 1. The largest absolute Gasteiger partial charge is 0.463 e. The van der Waals surface area contributed by atoms with Crippen LogP contribution in [0.1, 0.15) is 34.5 Å². The molecule has 0 saturated carbocycles. The molecule has 10 nitrogen and oxygen atoms in total. The number of hydrogen-bond donors (Lipinski definition) is 1. The molecule has 0 radical (unpaired) electrons. The molecule has 4 aromatic heterocycles. The maximum absolute atomic E-state index is 13.1. The maximum Gasteiger partial charge on any atom is 0.271 e. The first-order chi connectivity index (χ1) is 15.5. The first-order valence-electron chi connectivity index (χ1n) is 9.85. The third-order valence-corrected chi connectivity index (χ3v) is 6.91. The van der Waals surface area contributed by atoms with Crippen LogP contribution in [0.25, 0.3) is 5.95 Å². The highest BCUT2D eigenvalue weighted by Crippen LogP contribution is 2.35. The molecule has 2 N–H and O–H groups in total. The third kappa shape index (κ3) is 3.71. The van der Waals surface area contributed by atoms with Gasteiger partial charge in [0, 0.05) is 17.0 Å². The second-order valence-corrected chi connectivity index (χ2v) is 9.20. The number of thiophene rings is 1. The Kier molecular flexibility index (Phi) is 5.31. The Morgan fingerprint density at radius 1 is 1.31 bits per heavy atom. The van der Waals surface area contributed by atoms with Crippen LogP contribution in [0, 0.1) is 13.8 Å². The van der Waals surface area contributed by atoms with Crippen LogP contribution >= 0.6 is 23.1 Å². The van der Waals surface area contributed by atoms with Gasteiger partial charge < -0.3 is 10.3 Å². The van der Waals surface area contributed by atoms with Gasteiger partial charge in [-0.3, -0.25) is 4.79 Å². The molecule has 1 aliphatic rings. The van der Waals surface area contributed by atoms with E-state index in [4.69, 9.17) is 10.3 Å². The number of hydrazone groups is 1. The summed E-state index contributed by atoms with van der Waals surface area (Å²) in [5, 5.41) is 21.2. The monoisotopic (exact) mass is 468 g/mol. The average molecular weight is 469 g/mol. The molecule has 1 unspecified atom stereocenters. The Bertz CT molecular complexity index is 1270. The lowest BCUT2D eigenvalue weighted by Crippen LogP contribution is -2.28. The number of thioether (sulfide) groups is 1. The molecule has 0 bridgehead atoms. The number of nitrogens with zero attached hydrogens (tertiary/aromatic N) is 7. The highest BCUT2D eigenvalue weighted by Gasteiger charge is 2.34. The summed E-state index contributed by atoms with van der Waals surface area (Å²) in [5.41, 5.74) is 2.50. The molecule has 5 heterocycles. The van der Waals surface area contributed by atoms with Gasteiger partial charge >= 0.3 is 0 Å². The fraction of sp³-hybridized carbons (Fsp3) is 0.250. The van der Waals surface area contributed by atoms with Crippen LogP contribution < -0.4 is 5.84 Å². The molecule has 0 aromatic carbocycles. The minimum atomic E-state index is -0.163. The maximum atomic E-state index is 13.1. The van der Waals surface area contributed by atoms with Crippen LogP contribution in [-0.2, 0) is 4.79 Å². The number of aromatic nitrogens is 5. The fourth-order valence-electron chi connectivity index (χ4n) is 3.57. The van der Waals surface area contributed by atoms with Crippen molar-refractivity contribution in [3.8, 4) is 5.95 Å². The lowest BCUT2D eigenvalue weighted by atomic mass is 10.1. The van der Waals surface area contributed by atoms with E-state index in [1.807, 2.05) is 49.6 Å². The second-order valence-electron chi connectivity index (χ2n) is 7.28. The number of hydrogen-bond acceptors (Lipinski definition) is 9. The number of nitrogen functional groups attached to an aromatic ring is 1. The molecule has 0 fully saturated rings. The van der Waals surface area contributed by atoms with Crippen molar-refractivity contribution in [1.82, 2.24) is 29.7 Å². The van der Waals surface area contributed by atoms with E-state index in [1.54, 1.807) is 22.3 Å². The molecule has 0 spiro atoms. The van der Waals surface area contributed by atoms with Gasteiger partial charge in [-0.25, -0.2) is 14.4 Å². The summed E-state index contributed by atoms with van der Waals surface area (Å²) in [6.45, 7) is 3.81. The second kappa shape index (κ2) is 8.28. The smallest absolute Gasteiger partial charge is 0.271 e. The summed E-state index contributed by atoms with van der Waals surface area (Å²) in [4.78, 5) is 14.2. The number of furan rings is 1. The number of rotatable bonds is 6. The van der Waals surface area contributed by atoms with Crippen LogP contribution in [0.3, 0.4) is 0 Å². The summed E-state index contributed by atoms with van der Waals surface area (Å²) in [7, 11) is 0. The van der Waals surface area contributed by atoms with Crippen LogP contribution in [0.5, 0.6) is 0 Å². The standard InChI is InChI=1S/C20H20N8O2S2/c1-12-9-13(2)27(24-12)19-22-23-20(26(19)21)32-11-18(29)28-15(17-6-4-8-31-17)10-14(25-28)16-5-3-7-30-16/h3-9,15H,10-11,21H2,1-2H3. The lowest BCUT2D eigenvalue weighted by molar-refractivity contribution is -0.130. The van der Waals surface area contributed by atoms with Crippen molar-refractivity contribution in [2.75, 3.05) is 11.6 Å². The topological polar surface area (TPSA) is 120 Å². The van der Waals surface area contributed by atoms with Gasteiger partial charge in [-0.15, -0.1) is 21.5 Å². The van der Waals surface area contributed by atoms with E-state index >= 15 is 0 Å². The Morgan fingerprint density at radius 3 is 2.88 bits per heavy atom. The molecular formula is C20H20N8O2S2. The number of carbonyl (C=O) groups excluding carboxylic acids is 1. The molecule has 1 aliphatic heterocycles. The molecule has 1 atom stereocenters. The van der Waals surface area contributed by atoms with Crippen molar-refractivity contribution in [3.05, 3.63) is 64.0 Å². The van der Waals surface area contributed by atoms with E-state index in [-0.39, 0.29) is 17.7 Å². The summed E-state index contributed by atoms with van der Waals surface area (Å²) >= 11 is 2.81. The molecule has 5 rings (SSSR count). The predicted molar refractivity (Wildman–Crippen MR) is 121 cm³/mol. The zero-order valence-electron chi connectivity index (χ0n) is 17.4. The highest BCUT2D eigenvalue weighted by atomic mass is 32.2. The summed E-state index contributed by atoms with van der Waals surface area (Å²) in [5.74, 6) is 7.22. The number of carbonyl (C=O) groups is 1. The highest BCUT2D eigenvalue weighted by molar-refractivity contribution is 7.99. The Morgan fingerprint density at radius 2 is 2.19 bits per heavy atom. The van der Waals surface area contributed by atoms with E-state index in [1.165, 1.54) is 21.4 Å². The molecule has 32 heavy (non-hydrogen) atoms. The van der Waals surface area contributed by atoms with Gasteiger partial charge in [-0.1, -0.05) is 17.8 Å². The quantitative estimate of drug-likeness (QED) is 0.341. The van der Waals surface area contributed by atoms with E-state index in [0.29, 0.717) is 23.3 Å².